The number of carboxylic acid groups (broad SMARTS) is 1. The van der Waals surface area contributed by atoms with E-state index in [1.807, 2.05) is 54.6 Å². The zero-order valence-electron chi connectivity index (χ0n) is 13.2. The van der Waals surface area contributed by atoms with Crippen LogP contribution in [0.3, 0.4) is 0 Å². The first kappa shape index (κ1) is 17.5. The van der Waals surface area contributed by atoms with Crippen LogP contribution in [0.1, 0.15) is 37.3 Å². The van der Waals surface area contributed by atoms with Crippen LogP contribution < -0.4 is 0 Å². The van der Waals surface area contributed by atoms with E-state index >= 15 is 0 Å². The van der Waals surface area contributed by atoms with Gasteiger partial charge < -0.3 is 9.84 Å². The number of unbranched alkanes of at least 4 members (excludes halogenated alkanes) is 1. The summed E-state index contributed by atoms with van der Waals surface area (Å²) in [4.78, 5) is 11.1. The average Bonchev–Trinajstić information content (AvgIpc) is 2.57. The molecule has 0 aliphatic carbocycles. The molecule has 0 radical (unpaired) electrons. The molecule has 1 N–H and O–H groups in total. The highest BCUT2D eigenvalue weighted by atomic mass is 35.5. The Labute approximate surface area is 141 Å². The molecule has 4 heteroatoms. The first-order valence-corrected chi connectivity index (χ1v) is 8.13. The minimum absolute atomic E-state index is 0.346. The van der Waals surface area contributed by atoms with Gasteiger partial charge in [-0.1, -0.05) is 73.8 Å². The van der Waals surface area contributed by atoms with E-state index in [4.69, 9.17) is 21.4 Å². The maximum absolute atomic E-state index is 11.1. The van der Waals surface area contributed by atoms with Gasteiger partial charge in [-0.3, -0.25) is 0 Å². The lowest BCUT2D eigenvalue weighted by Crippen LogP contribution is -2.33. The quantitative estimate of drug-likeness (QED) is 0.749. The molecule has 2 aromatic carbocycles. The predicted octanol–water partition coefficient (Wildman–Crippen LogP) is 4.88. The number of halogens is 1. The highest BCUT2D eigenvalue weighted by Gasteiger charge is 2.35. The van der Waals surface area contributed by atoms with E-state index in [9.17, 15) is 4.79 Å². The van der Waals surface area contributed by atoms with E-state index in [0.717, 1.165) is 24.0 Å². The van der Waals surface area contributed by atoms with Gasteiger partial charge in [0.2, 0.25) is 0 Å². The van der Waals surface area contributed by atoms with Crippen molar-refractivity contribution in [2.75, 3.05) is 6.61 Å². The first-order valence-electron chi connectivity index (χ1n) is 7.76. The summed E-state index contributed by atoms with van der Waals surface area (Å²) < 4.78 is 5.96. The van der Waals surface area contributed by atoms with Crippen molar-refractivity contribution in [2.45, 2.75) is 31.8 Å². The first-order chi connectivity index (χ1) is 11.1. The van der Waals surface area contributed by atoms with Crippen molar-refractivity contribution in [1.82, 2.24) is 0 Å². The second kappa shape index (κ2) is 8.14. The molecule has 0 saturated heterocycles. The molecule has 3 nitrogen and oxygen atoms in total. The molecular formula is C19H21ClO3. The van der Waals surface area contributed by atoms with Crippen LogP contribution in [0.15, 0.2) is 54.6 Å². The number of rotatable bonds is 8. The topological polar surface area (TPSA) is 46.5 Å². The molecule has 0 aliphatic rings. The molecule has 2 rings (SSSR count). The Bertz CT molecular complexity index is 625. The van der Waals surface area contributed by atoms with E-state index in [2.05, 4.69) is 6.92 Å². The van der Waals surface area contributed by atoms with Crippen LogP contribution in [0.5, 0.6) is 0 Å². The van der Waals surface area contributed by atoms with Gasteiger partial charge in [-0.25, -0.2) is 4.79 Å². The fourth-order valence-electron chi connectivity index (χ4n) is 2.73. The van der Waals surface area contributed by atoms with Crippen molar-refractivity contribution in [3.8, 4) is 0 Å². The summed E-state index contributed by atoms with van der Waals surface area (Å²) in [5, 5.41) is 9.74. The Morgan fingerprint density at radius 2 is 1.70 bits per heavy atom. The number of carboxylic acids is 1. The van der Waals surface area contributed by atoms with Gasteiger partial charge >= 0.3 is 5.97 Å². The van der Waals surface area contributed by atoms with Gasteiger partial charge in [0.05, 0.1) is 0 Å². The number of ether oxygens (including phenoxy) is 1. The van der Waals surface area contributed by atoms with E-state index in [0.29, 0.717) is 11.4 Å². The summed E-state index contributed by atoms with van der Waals surface area (Å²) in [7, 11) is 0. The van der Waals surface area contributed by atoms with Crippen molar-refractivity contribution in [3.05, 3.63) is 70.7 Å². The van der Waals surface area contributed by atoms with E-state index in [-0.39, 0.29) is 6.61 Å². The third-order valence-corrected chi connectivity index (χ3v) is 4.13. The molecule has 0 aliphatic heterocycles. The number of hydrogen-bond donors (Lipinski definition) is 1. The third kappa shape index (κ3) is 4.34. The zero-order valence-corrected chi connectivity index (χ0v) is 13.9. The zero-order chi connectivity index (χ0) is 16.7. The lowest BCUT2D eigenvalue weighted by atomic mass is 9.82. The van der Waals surface area contributed by atoms with Crippen molar-refractivity contribution in [2.24, 2.45) is 0 Å². The Morgan fingerprint density at radius 1 is 1.09 bits per heavy atom. The van der Waals surface area contributed by atoms with Crippen molar-refractivity contribution < 1.29 is 14.6 Å². The molecule has 1 atom stereocenters. The fraction of sp³-hybridized carbons (Fsp3) is 0.316. The maximum Gasteiger partial charge on any atom is 0.329 e. The number of hydrogen-bond acceptors (Lipinski definition) is 2. The van der Waals surface area contributed by atoms with E-state index in [1.54, 1.807) is 0 Å². The van der Waals surface area contributed by atoms with Crippen LogP contribution in [0.2, 0.25) is 5.02 Å². The predicted molar refractivity (Wildman–Crippen MR) is 91.8 cm³/mol. The SMILES string of the molecule is CCCCC(OCC(=O)O)(c1ccccc1)c1ccc(Cl)cc1. The van der Waals surface area contributed by atoms with Gasteiger partial charge in [0.25, 0.3) is 0 Å². The normalized spacial score (nSPS) is 13.5. The number of carbonyl (C=O) groups is 1. The second-order valence-corrected chi connectivity index (χ2v) is 5.92. The summed E-state index contributed by atoms with van der Waals surface area (Å²) in [6.45, 7) is 1.76. The molecule has 0 aromatic heterocycles. The smallest absolute Gasteiger partial charge is 0.329 e. The molecule has 0 bridgehead atoms. The third-order valence-electron chi connectivity index (χ3n) is 3.88. The largest absolute Gasteiger partial charge is 0.480 e. The highest BCUT2D eigenvalue weighted by Crippen LogP contribution is 2.39. The maximum atomic E-state index is 11.1. The fourth-order valence-corrected chi connectivity index (χ4v) is 2.86. The average molecular weight is 333 g/mol. The van der Waals surface area contributed by atoms with Crippen LogP contribution in [-0.2, 0) is 15.1 Å². The van der Waals surface area contributed by atoms with E-state index < -0.39 is 11.6 Å². The van der Waals surface area contributed by atoms with Crippen LogP contribution in [0.4, 0.5) is 0 Å². The van der Waals surface area contributed by atoms with Gasteiger partial charge in [0.15, 0.2) is 0 Å². The Balaban J connectivity index is 2.52. The Morgan fingerprint density at radius 3 is 2.26 bits per heavy atom. The van der Waals surface area contributed by atoms with E-state index in [1.165, 1.54) is 0 Å². The Hall–Kier alpha value is -1.84. The van der Waals surface area contributed by atoms with Crippen molar-refractivity contribution in [1.29, 1.82) is 0 Å². The lowest BCUT2D eigenvalue weighted by molar-refractivity contribution is -0.148. The molecule has 0 heterocycles. The molecule has 0 amide bonds. The van der Waals surface area contributed by atoms with Gasteiger partial charge in [-0.05, 0) is 29.7 Å². The molecule has 0 saturated carbocycles. The summed E-state index contributed by atoms with van der Waals surface area (Å²) in [5.74, 6) is -0.976. The number of benzene rings is 2. The second-order valence-electron chi connectivity index (χ2n) is 5.49. The van der Waals surface area contributed by atoms with Gasteiger partial charge in [-0.2, -0.15) is 0 Å². The molecular weight excluding hydrogens is 312 g/mol. The highest BCUT2D eigenvalue weighted by molar-refractivity contribution is 6.30. The molecule has 122 valence electrons. The molecule has 23 heavy (non-hydrogen) atoms. The van der Waals surface area contributed by atoms with Gasteiger partial charge in [0, 0.05) is 5.02 Å². The van der Waals surface area contributed by atoms with Crippen molar-refractivity contribution in [3.63, 3.8) is 0 Å². The molecule has 2 aromatic rings. The molecule has 0 spiro atoms. The van der Waals surface area contributed by atoms with Gasteiger partial charge in [-0.15, -0.1) is 0 Å². The summed E-state index contributed by atoms with van der Waals surface area (Å²) in [6, 6.07) is 17.2. The van der Waals surface area contributed by atoms with Crippen LogP contribution >= 0.6 is 11.6 Å². The summed E-state index contributed by atoms with van der Waals surface area (Å²) in [6.07, 6.45) is 2.64. The summed E-state index contributed by atoms with van der Waals surface area (Å²) in [5.41, 5.74) is 1.10. The molecule has 0 fully saturated rings. The molecule has 1 unspecified atom stereocenters. The standard InChI is InChI=1S/C19H21ClO3/c1-2-3-13-19(23-14-18(21)22,15-7-5-4-6-8-15)16-9-11-17(20)12-10-16/h4-12H,2-3,13-14H2,1H3,(H,21,22). The monoisotopic (exact) mass is 332 g/mol. The summed E-state index contributed by atoms with van der Waals surface area (Å²) >= 11 is 6.00. The lowest BCUT2D eigenvalue weighted by Gasteiger charge is -2.35. The van der Waals surface area contributed by atoms with Crippen LogP contribution in [-0.4, -0.2) is 17.7 Å². The minimum Gasteiger partial charge on any atom is -0.480 e. The van der Waals surface area contributed by atoms with Crippen LogP contribution in [0.25, 0.3) is 0 Å². The Kier molecular flexibility index (Phi) is 6.20. The van der Waals surface area contributed by atoms with Gasteiger partial charge in [0.1, 0.15) is 12.2 Å². The van der Waals surface area contributed by atoms with Crippen LogP contribution in [0, 0.1) is 0 Å². The van der Waals surface area contributed by atoms with Crippen molar-refractivity contribution >= 4 is 17.6 Å². The minimum atomic E-state index is -0.976. The number of aliphatic carboxylic acids is 1.